The number of aromatic hydroxyl groups is 1. The molecule has 0 aliphatic heterocycles. The molecule has 0 radical (unpaired) electrons. The molecule has 0 saturated heterocycles. The van der Waals surface area contributed by atoms with Crippen molar-refractivity contribution < 1.29 is 14.3 Å². The summed E-state index contributed by atoms with van der Waals surface area (Å²) < 4.78 is 10.4. The number of rotatable bonds is 5. The zero-order valence-electron chi connectivity index (χ0n) is 15.2. The molecule has 0 aliphatic rings. The topological polar surface area (TPSA) is 101 Å². The SMILES string of the molecule is COc1ccc(-c2nc(SCc3cc(=O)oc4c(C)c(O)ccc34)n[nH]2)cc1. The lowest BCUT2D eigenvalue weighted by Gasteiger charge is -2.07. The summed E-state index contributed by atoms with van der Waals surface area (Å²) in [5.74, 6) is 2.02. The van der Waals surface area contributed by atoms with E-state index in [0.29, 0.717) is 27.9 Å². The first-order chi connectivity index (χ1) is 13.5. The van der Waals surface area contributed by atoms with E-state index in [2.05, 4.69) is 15.2 Å². The average Bonchev–Trinajstić information content (AvgIpc) is 3.18. The fraction of sp³-hybridized carbons (Fsp3) is 0.150. The molecule has 8 heteroatoms. The fourth-order valence-electron chi connectivity index (χ4n) is 2.87. The average molecular weight is 395 g/mol. The summed E-state index contributed by atoms with van der Waals surface area (Å²) in [5.41, 5.74) is 2.19. The lowest BCUT2D eigenvalue weighted by Crippen LogP contribution is -2.01. The van der Waals surface area contributed by atoms with E-state index < -0.39 is 5.63 Å². The van der Waals surface area contributed by atoms with E-state index in [1.165, 1.54) is 17.8 Å². The first kappa shape index (κ1) is 18.1. The Morgan fingerprint density at radius 1 is 1.21 bits per heavy atom. The van der Waals surface area contributed by atoms with E-state index in [4.69, 9.17) is 9.15 Å². The number of benzene rings is 2. The summed E-state index contributed by atoms with van der Waals surface area (Å²) in [6.07, 6.45) is 0. The minimum Gasteiger partial charge on any atom is -0.508 e. The first-order valence-electron chi connectivity index (χ1n) is 8.50. The molecule has 2 N–H and O–H groups in total. The van der Waals surface area contributed by atoms with Gasteiger partial charge in [-0.25, -0.2) is 9.78 Å². The van der Waals surface area contributed by atoms with Crippen molar-refractivity contribution in [2.45, 2.75) is 17.8 Å². The van der Waals surface area contributed by atoms with Gasteiger partial charge in [0.25, 0.3) is 0 Å². The molecule has 0 saturated carbocycles. The van der Waals surface area contributed by atoms with Crippen molar-refractivity contribution in [3.63, 3.8) is 0 Å². The zero-order chi connectivity index (χ0) is 19.7. The van der Waals surface area contributed by atoms with Crippen LogP contribution in [0.4, 0.5) is 0 Å². The molecule has 0 atom stereocenters. The number of aryl methyl sites for hydroxylation is 1. The molecule has 4 rings (SSSR count). The molecule has 28 heavy (non-hydrogen) atoms. The van der Waals surface area contributed by atoms with Crippen LogP contribution in [0.3, 0.4) is 0 Å². The predicted molar refractivity (Wildman–Crippen MR) is 107 cm³/mol. The number of methoxy groups -OCH3 is 1. The number of hydrogen-bond acceptors (Lipinski definition) is 7. The van der Waals surface area contributed by atoms with E-state index in [-0.39, 0.29) is 5.75 Å². The number of H-pyrrole nitrogens is 1. The molecule has 0 spiro atoms. The second-order valence-electron chi connectivity index (χ2n) is 6.16. The molecule has 4 aromatic rings. The molecule has 0 amide bonds. The van der Waals surface area contributed by atoms with Crippen LogP contribution in [0.5, 0.6) is 11.5 Å². The highest BCUT2D eigenvalue weighted by atomic mass is 32.2. The highest BCUT2D eigenvalue weighted by Crippen LogP contribution is 2.30. The van der Waals surface area contributed by atoms with Gasteiger partial charge in [0.2, 0.25) is 5.16 Å². The Balaban J connectivity index is 1.58. The molecule has 2 heterocycles. The summed E-state index contributed by atoms with van der Waals surface area (Å²) in [7, 11) is 1.62. The monoisotopic (exact) mass is 395 g/mol. The standard InChI is InChI=1S/C20H17N3O4S/c1-11-16(24)8-7-15-13(9-17(25)27-18(11)15)10-28-20-21-19(22-23-20)12-3-5-14(26-2)6-4-12/h3-9,24H,10H2,1-2H3,(H,21,22,23). The highest BCUT2D eigenvalue weighted by molar-refractivity contribution is 7.98. The molecular weight excluding hydrogens is 378 g/mol. The summed E-state index contributed by atoms with van der Waals surface area (Å²) in [6.45, 7) is 1.72. The van der Waals surface area contributed by atoms with Gasteiger partial charge in [-0.3, -0.25) is 5.10 Å². The lowest BCUT2D eigenvalue weighted by atomic mass is 10.1. The summed E-state index contributed by atoms with van der Waals surface area (Å²) in [5, 5.41) is 18.4. The number of fused-ring (bicyclic) bond motifs is 1. The largest absolute Gasteiger partial charge is 0.508 e. The zero-order valence-corrected chi connectivity index (χ0v) is 16.0. The fourth-order valence-corrected chi connectivity index (χ4v) is 3.66. The van der Waals surface area contributed by atoms with Crippen molar-refractivity contribution in [2.75, 3.05) is 7.11 Å². The minimum absolute atomic E-state index is 0.0959. The summed E-state index contributed by atoms with van der Waals surface area (Å²) in [4.78, 5) is 16.4. The number of thioether (sulfide) groups is 1. The van der Waals surface area contributed by atoms with Gasteiger partial charge in [-0.15, -0.1) is 5.10 Å². The van der Waals surface area contributed by atoms with Crippen molar-refractivity contribution in [3.8, 4) is 22.9 Å². The van der Waals surface area contributed by atoms with Crippen molar-refractivity contribution in [1.29, 1.82) is 0 Å². The molecular formula is C20H17N3O4S. The van der Waals surface area contributed by atoms with Crippen molar-refractivity contribution in [3.05, 3.63) is 64.0 Å². The summed E-state index contributed by atoms with van der Waals surface area (Å²) in [6, 6.07) is 12.3. The maximum atomic E-state index is 11.9. The molecule has 0 unspecified atom stereocenters. The van der Waals surface area contributed by atoms with E-state index in [1.54, 1.807) is 26.2 Å². The third-order valence-electron chi connectivity index (χ3n) is 4.40. The number of ether oxygens (including phenoxy) is 1. The van der Waals surface area contributed by atoms with Gasteiger partial charge in [-0.05, 0) is 48.9 Å². The van der Waals surface area contributed by atoms with Gasteiger partial charge in [-0.1, -0.05) is 11.8 Å². The van der Waals surface area contributed by atoms with Crippen LogP contribution >= 0.6 is 11.8 Å². The van der Waals surface area contributed by atoms with Gasteiger partial charge in [0.15, 0.2) is 5.82 Å². The highest BCUT2D eigenvalue weighted by Gasteiger charge is 2.13. The Kier molecular flexibility index (Phi) is 4.79. The number of phenols is 1. The van der Waals surface area contributed by atoms with E-state index in [0.717, 1.165) is 22.3 Å². The second-order valence-corrected chi connectivity index (χ2v) is 7.10. The van der Waals surface area contributed by atoms with Crippen LogP contribution in [0, 0.1) is 6.92 Å². The second kappa shape index (κ2) is 7.40. The summed E-state index contributed by atoms with van der Waals surface area (Å²) >= 11 is 1.41. The number of aromatic nitrogens is 3. The Hall–Kier alpha value is -3.26. The van der Waals surface area contributed by atoms with E-state index >= 15 is 0 Å². The van der Waals surface area contributed by atoms with E-state index in [9.17, 15) is 9.90 Å². The van der Waals surface area contributed by atoms with Gasteiger partial charge >= 0.3 is 5.63 Å². The molecule has 2 aromatic carbocycles. The van der Waals surface area contributed by atoms with Gasteiger partial charge < -0.3 is 14.3 Å². The van der Waals surface area contributed by atoms with E-state index in [1.807, 2.05) is 24.3 Å². The van der Waals surface area contributed by atoms with Crippen LogP contribution in [0.1, 0.15) is 11.1 Å². The molecule has 7 nitrogen and oxygen atoms in total. The quantitative estimate of drug-likeness (QED) is 0.390. The normalized spacial score (nSPS) is 11.1. The molecule has 2 aromatic heterocycles. The van der Waals surface area contributed by atoms with Crippen LogP contribution in [0.2, 0.25) is 0 Å². The Bertz CT molecular complexity index is 1200. The van der Waals surface area contributed by atoms with Gasteiger partial charge in [0.05, 0.1) is 7.11 Å². The lowest BCUT2D eigenvalue weighted by molar-refractivity contribution is 0.415. The molecule has 142 valence electrons. The third-order valence-corrected chi connectivity index (χ3v) is 5.30. The number of aromatic amines is 1. The Morgan fingerprint density at radius 2 is 2.00 bits per heavy atom. The maximum absolute atomic E-state index is 11.9. The third kappa shape index (κ3) is 3.46. The Labute approximate surface area is 164 Å². The number of hydrogen-bond donors (Lipinski definition) is 2. The van der Waals surface area contributed by atoms with Crippen molar-refractivity contribution >= 4 is 22.7 Å². The van der Waals surface area contributed by atoms with Crippen LogP contribution in [-0.4, -0.2) is 27.4 Å². The number of nitrogens with zero attached hydrogens (tertiary/aromatic N) is 2. The number of phenolic OH excluding ortho intramolecular Hbond substituents is 1. The van der Waals surface area contributed by atoms with Crippen LogP contribution in [0.25, 0.3) is 22.4 Å². The van der Waals surface area contributed by atoms with Gasteiger partial charge in [0, 0.05) is 28.3 Å². The minimum atomic E-state index is -0.453. The predicted octanol–water partition coefficient (Wildman–Crippen LogP) is 3.89. The van der Waals surface area contributed by atoms with Crippen molar-refractivity contribution in [1.82, 2.24) is 15.2 Å². The molecule has 0 bridgehead atoms. The van der Waals surface area contributed by atoms with Crippen molar-refractivity contribution in [2.24, 2.45) is 0 Å². The Morgan fingerprint density at radius 3 is 2.75 bits per heavy atom. The first-order valence-corrected chi connectivity index (χ1v) is 9.48. The van der Waals surface area contributed by atoms with Crippen LogP contribution in [0.15, 0.2) is 56.8 Å². The molecule has 0 aliphatic carbocycles. The maximum Gasteiger partial charge on any atom is 0.336 e. The smallest absolute Gasteiger partial charge is 0.336 e. The van der Waals surface area contributed by atoms with Gasteiger partial charge in [-0.2, -0.15) is 0 Å². The van der Waals surface area contributed by atoms with Crippen LogP contribution in [-0.2, 0) is 5.75 Å². The van der Waals surface area contributed by atoms with Gasteiger partial charge in [0.1, 0.15) is 17.1 Å². The number of nitrogens with one attached hydrogen (secondary N) is 1. The molecule has 0 fully saturated rings. The van der Waals surface area contributed by atoms with Crippen LogP contribution < -0.4 is 10.4 Å².